The summed E-state index contributed by atoms with van der Waals surface area (Å²) in [5.41, 5.74) is -0.190. The Hall–Kier alpha value is -1.84. The second-order valence-corrected chi connectivity index (χ2v) is 8.65. The predicted octanol–water partition coefficient (Wildman–Crippen LogP) is 3.52. The van der Waals surface area contributed by atoms with Crippen molar-refractivity contribution < 1.29 is 22.0 Å². The van der Waals surface area contributed by atoms with E-state index in [1.165, 1.54) is 12.1 Å². The second kappa shape index (κ2) is 7.42. The van der Waals surface area contributed by atoms with Crippen LogP contribution in [-0.2, 0) is 14.8 Å². The molecule has 1 aliphatic rings. The van der Waals surface area contributed by atoms with Crippen molar-refractivity contribution in [1.82, 2.24) is 4.31 Å². The second-order valence-electron chi connectivity index (χ2n) is 5.84. The van der Waals surface area contributed by atoms with Crippen LogP contribution in [0.25, 0.3) is 0 Å². The molecule has 0 bridgehead atoms. The number of nitrogens with zero attached hydrogens (tertiary/aromatic N) is 1. The van der Waals surface area contributed by atoms with Crippen molar-refractivity contribution in [3.8, 4) is 0 Å². The molecule has 1 atom stereocenters. The van der Waals surface area contributed by atoms with E-state index in [4.69, 9.17) is 0 Å². The van der Waals surface area contributed by atoms with E-state index in [9.17, 15) is 22.0 Å². The van der Waals surface area contributed by atoms with Gasteiger partial charge in [-0.05, 0) is 49.2 Å². The van der Waals surface area contributed by atoms with Gasteiger partial charge in [0.15, 0.2) is 0 Å². The minimum Gasteiger partial charge on any atom is -0.322 e. The van der Waals surface area contributed by atoms with Gasteiger partial charge in [-0.25, -0.2) is 17.2 Å². The molecular weight excluding hydrogens is 430 g/mol. The topological polar surface area (TPSA) is 66.5 Å². The maximum Gasteiger partial charge on any atom is 0.243 e. The molecule has 26 heavy (non-hydrogen) atoms. The molecule has 138 valence electrons. The Bertz CT molecular complexity index is 936. The van der Waals surface area contributed by atoms with Crippen LogP contribution in [0.1, 0.15) is 12.8 Å². The third-order valence-corrected chi connectivity index (χ3v) is 6.57. The number of benzene rings is 2. The van der Waals surface area contributed by atoms with E-state index >= 15 is 0 Å². The Balaban J connectivity index is 1.83. The van der Waals surface area contributed by atoms with Crippen molar-refractivity contribution in [3.63, 3.8) is 0 Å². The smallest absolute Gasteiger partial charge is 0.243 e. The van der Waals surface area contributed by atoms with Gasteiger partial charge in [-0.3, -0.25) is 4.79 Å². The molecule has 9 heteroatoms. The van der Waals surface area contributed by atoms with E-state index in [0.717, 1.165) is 20.9 Å². The Kier molecular flexibility index (Phi) is 5.40. The highest BCUT2D eigenvalue weighted by molar-refractivity contribution is 9.10. The van der Waals surface area contributed by atoms with E-state index in [2.05, 4.69) is 21.2 Å². The molecule has 1 saturated heterocycles. The van der Waals surface area contributed by atoms with Gasteiger partial charge in [-0.1, -0.05) is 15.9 Å². The number of halogens is 3. The molecule has 1 N–H and O–H groups in total. The standard InChI is InChI=1S/C17H15BrF2N2O3S/c18-11-3-6-13(7-4-11)26(24,25)22-9-1-2-16(22)17(23)21-15-8-5-12(19)10-14(15)20/h3-8,10,16H,1-2,9H2,(H,21,23). The molecule has 0 radical (unpaired) electrons. The third-order valence-electron chi connectivity index (χ3n) is 4.12. The van der Waals surface area contributed by atoms with Crippen molar-refractivity contribution in [3.05, 3.63) is 58.6 Å². The zero-order valence-electron chi connectivity index (χ0n) is 13.5. The van der Waals surface area contributed by atoms with Gasteiger partial charge >= 0.3 is 0 Å². The van der Waals surface area contributed by atoms with Gasteiger partial charge in [0.2, 0.25) is 15.9 Å². The van der Waals surface area contributed by atoms with Gasteiger partial charge in [-0.15, -0.1) is 0 Å². The van der Waals surface area contributed by atoms with Gasteiger partial charge in [0.05, 0.1) is 10.6 Å². The molecule has 2 aromatic carbocycles. The first-order chi connectivity index (χ1) is 12.3. The maximum absolute atomic E-state index is 13.7. The molecule has 0 aliphatic carbocycles. The van der Waals surface area contributed by atoms with Gasteiger partial charge < -0.3 is 5.32 Å². The van der Waals surface area contributed by atoms with Crippen molar-refractivity contribution >= 4 is 37.5 Å². The Morgan fingerprint density at radius 1 is 1.15 bits per heavy atom. The minimum absolute atomic E-state index is 0.0772. The Morgan fingerprint density at radius 3 is 2.50 bits per heavy atom. The summed E-state index contributed by atoms with van der Waals surface area (Å²) in [6.07, 6.45) is 0.837. The average Bonchev–Trinajstić information content (AvgIpc) is 3.08. The number of nitrogens with one attached hydrogen (secondary N) is 1. The summed E-state index contributed by atoms with van der Waals surface area (Å²) in [7, 11) is -3.86. The first-order valence-electron chi connectivity index (χ1n) is 7.82. The predicted molar refractivity (Wildman–Crippen MR) is 96.0 cm³/mol. The van der Waals surface area contributed by atoms with Gasteiger partial charge in [-0.2, -0.15) is 4.31 Å². The minimum atomic E-state index is -3.86. The maximum atomic E-state index is 13.7. The molecule has 3 rings (SSSR count). The summed E-state index contributed by atoms with van der Waals surface area (Å²) in [6, 6.07) is 7.93. The zero-order chi connectivity index (χ0) is 18.9. The molecule has 5 nitrogen and oxygen atoms in total. The monoisotopic (exact) mass is 444 g/mol. The van der Waals surface area contributed by atoms with Crippen molar-refractivity contribution in [2.24, 2.45) is 0 Å². The van der Waals surface area contributed by atoms with Crippen LogP contribution in [0.15, 0.2) is 51.8 Å². The van der Waals surface area contributed by atoms with Crippen molar-refractivity contribution in [2.75, 3.05) is 11.9 Å². The summed E-state index contributed by atoms with van der Waals surface area (Å²) in [4.78, 5) is 12.6. The van der Waals surface area contributed by atoms with Gasteiger partial charge in [0.1, 0.15) is 17.7 Å². The number of anilines is 1. The van der Waals surface area contributed by atoms with Crippen LogP contribution in [-0.4, -0.2) is 31.2 Å². The van der Waals surface area contributed by atoms with Crippen LogP contribution >= 0.6 is 15.9 Å². The Labute approximate surface area is 158 Å². The highest BCUT2D eigenvalue weighted by atomic mass is 79.9. The van der Waals surface area contributed by atoms with E-state index in [1.807, 2.05) is 0 Å². The van der Waals surface area contributed by atoms with Crippen LogP contribution in [0.2, 0.25) is 0 Å². The lowest BCUT2D eigenvalue weighted by atomic mass is 10.2. The highest BCUT2D eigenvalue weighted by Gasteiger charge is 2.39. The van der Waals surface area contributed by atoms with Crippen LogP contribution in [0.3, 0.4) is 0 Å². The van der Waals surface area contributed by atoms with Crippen molar-refractivity contribution in [2.45, 2.75) is 23.8 Å². The molecule has 1 heterocycles. The molecule has 1 aliphatic heterocycles. The number of sulfonamides is 1. The number of rotatable bonds is 4. The zero-order valence-corrected chi connectivity index (χ0v) is 15.9. The summed E-state index contributed by atoms with van der Waals surface area (Å²) in [5.74, 6) is -2.33. The average molecular weight is 445 g/mol. The lowest BCUT2D eigenvalue weighted by Crippen LogP contribution is -2.43. The van der Waals surface area contributed by atoms with E-state index < -0.39 is 33.6 Å². The molecule has 1 fully saturated rings. The van der Waals surface area contributed by atoms with E-state index in [-0.39, 0.29) is 17.1 Å². The SMILES string of the molecule is O=C(Nc1ccc(F)cc1F)C1CCCN1S(=O)(=O)c1ccc(Br)cc1. The number of hydrogen-bond acceptors (Lipinski definition) is 3. The van der Waals surface area contributed by atoms with Crippen LogP contribution < -0.4 is 5.32 Å². The fourth-order valence-electron chi connectivity index (χ4n) is 2.84. The fourth-order valence-corrected chi connectivity index (χ4v) is 4.76. The summed E-state index contributed by atoms with van der Waals surface area (Å²) < 4.78 is 54.2. The lowest BCUT2D eigenvalue weighted by Gasteiger charge is -2.23. The molecular formula is C17H15BrF2N2O3S. The molecule has 2 aromatic rings. The van der Waals surface area contributed by atoms with Crippen LogP contribution in [0.4, 0.5) is 14.5 Å². The van der Waals surface area contributed by atoms with Crippen molar-refractivity contribution in [1.29, 1.82) is 0 Å². The van der Waals surface area contributed by atoms with Gasteiger partial charge in [0.25, 0.3) is 0 Å². The summed E-state index contributed by atoms with van der Waals surface area (Å²) >= 11 is 3.24. The first-order valence-corrected chi connectivity index (χ1v) is 10.1. The quantitative estimate of drug-likeness (QED) is 0.784. The molecule has 0 saturated carbocycles. The number of carbonyl (C=O) groups excluding carboxylic acids is 1. The number of hydrogen-bond donors (Lipinski definition) is 1. The lowest BCUT2D eigenvalue weighted by molar-refractivity contribution is -0.119. The van der Waals surface area contributed by atoms with Crippen LogP contribution in [0.5, 0.6) is 0 Å². The number of amides is 1. The third kappa shape index (κ3) is 3.79. The molecule has 1 unspecified atom stereocenters. The summed E-state index contributed by atoms with van der Waals surface area (Å²) in [5, 5.41) is 2.35. The largest absolute Gasteiger partial charge is 0.322 e. The number of carbonyl (C=O) groups is 1. The first kappa shape index (κ1) is 18.9. The molecule has 1 amide bonds. The normalized spacial score (nSPS) is 18.0. The van der Waals surface area contributed by atoms with Gasteiger partial charge in [0, 0.05) is 17.1 Å². The summed E-state index contributed by atoms with van der Waals surface area (Å²) in [6.45, 7) is 0.197. The van der Waals surface area contributed by atoms with E-state index in [1.54, 1.807) is 12.1 Å². The van der Waals surface area contributed by atoms with Crippen LogP contribution in [0, 0.1) is 11.6 Å². The highest BCUT2D eigenvalue weighted by Crippen LogP contribution is 2.28. The molecule has 0 aromatic heterocycles. The Morgan fingerprint density at radius 2 is 1.85 bits per heavy atom. The molecule has 0 spiro atoms. The fraction of sp³-hybridized carbons (Fsp3) is 0.235. The van der Waals surface area contributed by atoms with E-state index in [0.29, 0.717) is 18.9 Å².